The lowest BCUT2D eigenvalue weighted by Gasteiger charge is -2.01. The zero-order valence-corrected chi connectivity index (χ0v) is 12.0. The number of oxime groups is 1. The smallest absolute Gasteiger partial charge is 0.294 e. The third kappa shape index (κ3) is 5.35. The van der Waals surface area contributed by atoms with Gasteiger partial charge in [-0.05, 0) is 12.8 Å². The van der Waals surface area contributed by atoms with Crippen molar-refractivity contribution in [3.63, 3.8) is 0 Å². The van der Waals surface area contributed by atoms with Crippen LogP contribution in [-0.4, -0.2) is 29.6 Å². The third-order valence-electron chi connectivity index (χ3n) is 2.39. The van der Waals surface area contributed by atoms with Gasteiger partial charge in [0.2, 0.25) is 6.41 Å². The molecule has 1 aromatic rings. The SMILES string of the molecule is CCCCCCO/N=C(\C([NH])=O)c1csc(NC=O)n1. The van der Waals surface area contributed by atoms with Gasteiger partial charge < -0.3 is 10.2 Å². The molecular formula is C12H17N4O3S. The minimum Gasteiger partial charge on any atom is -0.395 e. The highest BCUT2D eigenvalue weighted by Crippen LogP contribution is 2.15. The summed E-state index contributed by atoms with van der Waals surface area (Å²) in [5, 5.41) is 7.92. The van der Waals surface area contributed by atoms with Crippen LogP contribution < -0.4 is 11.1 Å². The second-order valence-electron chi connectivity index (χ2n) is 3.96. The Hall–Kier alpha value is -1.96. The van der Waals surface area contributed by atoms with Crippen LogP contribution in [-0.2, 0) is 14.4 Å². The van der Waals surface area contributed by atoms with Crippen LogP contribution in [0.4, 0.5) is 5.13 Å². The van der Waals surface area contributed by atoms with Crippen molar-refractivity contribution >= 4 is 34.5 Å². The lowest BCUT2D eigenvalue weighted by atomic mass is 10.2. The average molecular weight is 297 g/mol. The van der Waals surface area contributed by atoms with Crippen molar-refractivity contribution in [1.29, 1.82) is 0 Å². The molecule has 0 unspecified atom stereocenters. The molecule has 0 aromatic carbocycles. The molecule has 109 valence electrons. The van der Waals surface area contributed by atoms with Crippen molar-refractivity contribution in [2.24, 2.45) is 5.16 Å². The molecule has 1 heterocycles. The van der Waals surface area contributed by atoms with E-state index in [1.54, 1.807) is 0 Å². The fraction of sp³-hybridized carbons (Fsp3) is 0.500. The number of carbonyl (C=O) groups excluding carboxylic acids is 2. The molecule has 1 rings (SSSR count). The molecule has 0 aliphatic carbocycles. The van der Waals surface area contributed by atoms with E-state index in [2.05, 4.69) is 22.4 Å². The summed E-state index contributed by atoms with van der Waals surface area (Å²) in [6, 6.07) is 0. The van der Waals surface area contributed by atoms with Gasteiger partial charge in [0.1, 0.15) is 12.3 Å². The summed E-state index contributed by atoms with van der Waals surface area (Å²) in [5.41, 5.74) is 7.23. The molecule has 0 fully saturated rings. The van der Waals surface area contributed by atoms with E-state index in [9.17, 15) is 9.59 Å². The minimum atomic E-state index is -0.971. The van der Waals surface area contributed by atoms with Crippen LogP contribution in [0.2, 0.25) is 0 Å². The molecule has 20 heavy (non-hydrogen) atoms. The van der Waals surface area contributed by atoms with Crippen molar-refractivity contribution in [3.05, 3.63) is 11.1 Å². The Morgan fingerprint density at radius 1 is 1.55 bits per heavy atom. The number of unbranched alkanes of at least 4 members (excludes halogenated alkanes) is 3. The summed E-state index contributed by atoms with van der Waals surface area (Å²) >= 11 is 1.14. The number of nitrogens with zero attached hydrogens (tertiary/aromatic N) is 2. The highest BCUT2D eigenvalue weighted by Gasteiger charge is 2.16. The van der Waals surface area contributed by atoms with Crippen LogP contribution in [0.1, 0.15) is 38.3 Å². The van der Waals surface area contributed by atoms with Crippen molar-refractivity contribution in [1.82, 2.24) is 10.7 Å². The number of carbonyl (C=O) groups is 2. The molecule has 7 nitrogen and oxygen atoms in total. The number of nitrogens with one attached hydrogen (secondary N) is 2. The summed E-state index contributed by atoms with van der Waals surface area (Å²) in [6.07, 6.45) is 4.65. The highest BCUT2D eigenvalue weighted by atomic mass is 32.1. The molecule has 0 spiro atoms. The normalized spacial score (nSPS) is 11.2. The number of amides is 2. The van der Waals surface area contributed by atoms with Crippen LogP contribution in [0.25, 0.3) is 0 Å². The molecule has 2 amide bonds. The molecule has 0 saturated carbocycles. The van der Waals surface area contributed by atoms with Gasteiger partial charge in [-0.1, -0.05) is 24.9 Å². The Labute approximate surface area is 121 Å². The van der Waals surface area contributed by atoms with Crippen LogP contribution in [0.3, 0.4) is 0 Å². The van der Waals surface area contributed by atoms with E-state index in [1.807, 2.05) is 0 Å². The molecule has 0 aliphatic rings. The van der Waals surface area contributed by atoms with E-state index in [0.29, 0.717) is 18.1 Å². The Morgan fingerprint density at radius 2 is 2.35 bits per heavy atom. The fourth-order valence-electron chi connectivity index (χ4n) is 1.41. The van der Waals surface area contributed by atoms with Gasteiger partial charge in [-0.3, -0.25) is 15.3 Å². The van der Waals surface area contributed by atoms with Gasteiger partial charge in [0.25, 0.3) is 5.91 Å². The predicted molar refractivity (Wildman–Crippen MR) is 76.5 cm³/mol. The largest absolute Gasteiger partial charge is 0.395 e. The van der Waals surface area contributed by atoms with Gasteiger partial charge in [0, 0.05) is 5.38 Å². The van der Waals surface area contributed by atoms with Crippen molar-refractivity contribution < 1.29 is 14.4 Å². The quantitative estimate of drug-likeness (QED) is 0.308. The zero-order chi connectivity index (χ0) is 14.8. The number of rotatable bonds is 10. The molecule has 0 atom stereocenters. The number of hydrogen-bond donors (Lipinski definition) is 1. The van der Waals surface area contributed by atoms with Crippen LogP contribution in [0.15, 0.2) is 10.5 Å². The number of hydrogen-bond acceptors (Lipinski definition) is 6. The second-order valence-corrected chi connectivity index (χ2v) is 4.82. The van der Waals surface area contributed by atoms with Gasteiger partial charge >= 0.3 is 0 Å². The number of anilines is 1. The summed E-state index contributed by atoms with van der Waals surface area (Å²) in [6.45, 7) is 2.52. The van der Waals surface area contributed by atoms with Gasteiger partial charge in [-0.25, -0.2) is 4.98 Å². The predicted octanol–water partition coefficient (Wildman–Crippen LogP) is 1.82. The summed E-state index contributed by atoms with van der Waals surface area (Å²) in [5.74, 6) is -0.971. The first-order valence-electron chi connectivity index (χ1n) is 6.31. The Morgan fingerprint density at radius 3 is 3.00 bits per heavy atom. The first-order valence-corrected chi connectivity index (χ1v) is 7.19. The molecule has 2 N–H and O–H groups in total. The molecule has 0 bridgehead atoms. The maximum Gasteiger partial charge on any atom is 0.294 e. The lowest BCUT2D eigenvalue weighted by Crippen LogP contribution is -2.17. The van der Waals surface area contributed by atoms with Gasteiger partial charge in [-0.15, -0.1) is 11.3 Å². The third-order valence-corrected chi connectivity index (χ3v) is 3.16. The van der Waals surface area contributed by atoms with E-state index in [1.165, 1.54) is 5.38 Å². The van der Waals surface area contributed by atoms with Crippen molar-refractivity contribution in [2.45, 2.75) is 32.6 Å². The van der Waals surface area contributed by atoms with E-state index in [-0.39, 0.29) is 11.4 Å². The van der Waals surface area contributed by atoms with Crippen LogP contribution in [0, 0.1) is 0 Å². The van der Waals surface area contributed by atoms with E-state index in [4.69, 9.17) is 10.6 Å². The highest BCUT2D eigenvalue weighted by molar-refractivity contribution is 7.14. The molecule has 0 saturated heterocycles. The molecule has 1 aromatic heterocycles. The maximum atomic E-state index is 11.2. The maximum absolute atomic E-state index is 11.2. The van der Waals surface area contributed by atoms with Crippen LogP contribution in [0.5, 0.6) is 0 Å². The summed E-state index contributed by atoms with van der Waals surface area (Å²) in [7, 11) is 0. The summed E-state index contributed by atoms with van der Waals surface area (Å²) in [4.78, 5) is 30.5. The van der Waals surface area contributed by atoms with Crippen molar-refractivity contribution in [3.8, 4) is 0 Å². The Balaban J connectivity index is 2.58. The molecular weight excluding hydrogens is 280 g/mol. The first-order chi connectivity index (χ1) is 9.69. The number of aromatic nitrogens is 1. The van der Waals surface area contributed by atoms with E-state index < -0.39 is 5.91 Å². The monoisotopic (exact) mass is 297 g/mol. The Bertz CT molecular complexity index is 473. The van der Waals surface area contributed by atoms with E-state index >= 15 is 0 Å². The standard InChI is InChI=1S/C12H17N4O3S/c1-2-3-4-5-6-19-16-10(11(13)18)9-7-20-12(15-9)14-8-17/h7-8,13H,2-6H2,1H3,(H,14,15,17)/b16-10-. The van der Waals surface area contributed by atoms with Gasteiger partial charge in [0.15, 0.2) is 10.8 Å². The van der Waals surface area contributed by atoms with Crippen molar-refractivity contribution in [2.75, 3.05) is 11.9 Å². The second kappa shape index (κ2) is 9.03. The molecule has 0 aliphatic heterocycles. The first kappa shape index (κ1) is 16.1. The minimum absolute atomic E-state index is 0.157. The number of thiazole rings is 1. The summed E-state index contributed by atoms with van der Waals surface area (Å²) < 4.78 is 0. The van der Waals surface area contributed by atoms with E-state index in [0.717, 1.165) is 37.0 Å². The topological polar surface area (TPSA) is 104 Å². The zero-order valence-electron chi connectivity index (χ0n) is 11.2. The lowest BCUT2D eigenvalue weighted by molar-refractivity contribution is -0.112. The average Bonchev–Trinajstić information content (AvgIpc) is 2.86. The van der Waals surface area contributed by atoms with Gasteiger partial charge in [-0.2, -0.15) is 0 Å². The Kier molecular flexibility index (Phi) is 7.26. The molecule has 8 heteroatoms. The van der Waals surface area contributed by atoms with Gasteiger partial charge in [0.05, 0.1) is 0 Å². The fourth-order valence-corrected chi connectivity index (χ4v) is 2.06. The molecule has 1 radical (unpaired) electrons. The van der Waals surface area contributed by atoms with Crippen LogP contribution >= 0.6 is 11.3 Å².